The summed E-state index contributed by atoms with van der Waals surface area (Å²) in [5.74, 6) is 0.845. The van der Waals surface area contributed by atoms with E-state index in [1.807, 2.05) is 27.7 Å². The van der Waals surface area contributed by atoms with Gasteiger partial charge in [0, 0.05) is 14.2 Å². The Bertz CT molecular complexity index is 452. The second-order valence-corrected chi connectivity index (χ2v) is 8.30. The summed E-state index contributed by atoms with van der Waals surface area (Å²) in [6.07, 6.45) is 15.5. The van der Waals surface area contributed by atoms with E-state index in [-0.39, 0.29) is 11.2 Å². The lowest BCUT2D eigenvalue weighted by Gasteiger charge is -2.38. The van der Waals surface area contributed by atoms with E-state index in [9.17, 15) is 0 Å². The number of ether oxygens (including phenoxy) is 3. The lowest BCUT2D eigenvalue weighted by molar-refractivity contribution is -0.147. The van der Waals surface area contributed by atoms with E-state index >= 15 is 0 Å². The molecule has 1 rings (SSSR count). The van der Waals surface area contributed by atoms with Crippen molar-refractivity contribution in [2.45, 2.75) is 104 Å². The highest BCUT2D eigenvalue weighted by Crippen LogP contribution is 2.27. The summed E-state index contributed by atoms with van der Waals surface area (Å²) in [4.78, 5) is 0. The molecule has 0 atom stereocenters. The SMILES string of the molecule is C=C(OC1CCCCC1)/C(C)=C\C=C/CCC.COC(C)(C)C(C)(C)OC. The molecule has 1 fully saturated rings. The molecule has 0 unspecified atom stereocenters. The molecule has 27 heavy (non-hydrogen) atoms. The van der Waals surface area contributed by atoms with Gasteiger partial charge in [-0.05, 0) is 72.3 Å². The van der Waals surface area contributed by atoms with Gasteiger partial charge in [0.05, 0.1) is 17.3 Å². The van der Waals surface area contributed by atoms with Gasteiger partial charge in [0.15, 0.2) is 0 Å². The molecule has 0 aromatic heterocycles. The Morgan fingerprint density at radius 3 is 1.96 bits per heavy atom. The van der Waals surface area contributed by atoms with Crippen LogP contribution in [0.15, 0.2) is 36.1 Å². The Kier molecular flexibility index (Phi) is 12.7. The first-order valence-electron chi connectivity index (χ1n) is 10.4. The molecule has 0 heterocycles. The van der Waals surface area contributed by atoms with Crippen molar-refractivity contribution in [1.29, 1.82) is 0 Å². The number of allylic oxidation sites excluding steroid dienone is 4. The normalized spacial score (nSPS) is 16.8. The molecule has 0 spiro atoms. The quantitative estimate of drug-likeness (QED) is 0.319. The summed E-state index contributed by atoms with van der Waals surface area (Å²) in [6, 6.07) is 0. The molecule has 1 aliphatic rings. The van der Waals surface area contributed by atoms with E-state index in [1.54, 1.807) is 14.2 Å². The third-order valence-electron chi connectivity index (χ3n) is 5.71. The maximum atomic E-state index is 5.91. The predicted octanol–water partition coefficient (Wildman–Crippen LogP) is 6.99. The lowest BCUT2D eigenvalue weighted by atomic mass is 9.89. The van der Waals surface area contributed by atoms with Crippen molar-refractivity contribution >= 4 is 0 Å². The number of hydrogen-bond acceptors (Lipinski definition) is 3. The molecule has 0 radical (unpaired) electrons. The summed E-state index contributed by atoms with van der Waals surface area (Å²) in [5, 5.41) is 0. The highest BCUT2D eigenvalue weighted by atomic mass is 16.5. The first-order chi connectivity index (χ1) is 12.6. The summed E-state index contributed by atoms with van der Waals surface area (Å²) in [6.45, 7) is 16.3. The number of methoxy groups -OCH3 is 2. The molecule has 0 saturated heterocycles. The third-order valence-corrected chi connectivity index (χ3v) is 5.71. The average Bonchev–Trinajstić information content (AvgIpc) is 2.66. The van der Waals surface area contributed by atoms with Crippen LogP contribution in [0.3, 0.4) is 0 Å². The standard InChI is InChI=1S/C16H26O.C8H18O2/c1-4-5-6-8-11-14(2)15(3)17-16-12-9-7-10-13-16;1-7(2,9-5)8(3,4)10-6/h6,8,11,16H,3-5,7,9-10,12-13H2,1-2H3;1-6H3/b8-6-,14-11-;. The Balaban J connectivity index is 0.000000580. The van der Waals surface area contributed by atoms with Crippen LogP contribution in [0.4, 0.5) is 0 Å². The fraction of sp³-hybridized carbons (Fsp3) is 0.750. The molecule has 0 amide bonds. The van der Waals surface area contributed by atoms with Crippen LogP contribution in [-0.4, -0.2) is 31.5 Å². The molecule has 0 aromatic rings. The van der Waals surface area contributed by atoms with E-state index < -0.39 is 0 Å². The monoisotopic (exact) mass is 380 g/mol. The van der Waals surface area contributed by atoms with Crippen LogP contribution in [0.2, 0.25) is 0 Å². The molecule has 1 saturated carbocycles. The zero-order valence-corrected chi connectivity index (χ0v) is 19.2. The third kappa shape index (κ3) is 10.2. The molecule has 3 nitrogen and oxygen atoms in total. The Labute approximate surface area is 168 Å². The summed E-state index contributed by atoms with van der Waals surface area (Å²) >= 11 is 0. The Morgan fingerprint density at radius 2 is 1.52 bits per heavy atom. The number of rotatable bonds is 9. The van der Waals surface area contributed by atoms with E-state index in [0.717, 1.165) is 17.8 Å². The summed E-state index contributed by atoms with van der Waals surface area (Å²) < 4.78 is 16.5. The first kappa shape index (κ1) is 25.9. The van der Waals surface area contributed by atoms with Gasteiger partial charge in [-0.3, -0.25) is 0 Å². The van der Waals surface area contributed by atoms with Gasteiger partial charge >= 0.3 is 0 Å². The van der Waals surface area contributed by atoms with Gasteiger partial charge in [-0.25, -0.2) is 0 Å². The zero-order chi connectivity index (χ0) is 20.9. The maximum absolute atomic E-state index is 5.91. The van der Waals surface area contributed by atoms with E-state index in [0.29, 0.717) is 6.10 Å². The van der Waals surface area contributed by atoms with Crippen molar-refractivity contribution in [2.75, 3.05) is 14.2 Å². The fourth-order valence-corrected chi connectivity index (χ4v) is 2.54. The number of unbranched alkanes of at least 4 members (excludes halogenated alkanes) is 1. The Hall–Kier alpha value is -1.06. The summed E-state index contributed by atoms with van der Waals surface area (Å²) in [7, 11) is 3.39. The largest absolute Gasteiger partial charge is 0.491 e. The van der Waals surface area contributed by atoms with Gasteiger partial charge < -0.3 is 14.2 Å². The van der Waals surface area contributed by atoms with E-state index in [2.05, 4.69) is 38.7 Å². The van der Waals surface area contributed by atoms with Gasteiger partial charge in [-0.2, -0.15) is 0 Å². The maximum Gasteiger partial charge on any atom is 0.115 e. The minimum Gasteiger partial charge on any atom is -0.491 e. The van der Waals surface area contributed by atoms with Crippen molar-refractivity contribution in [2.24, 2.45) is 0 Å². The molecular weight excluding hydrogens is 336 g/mol. The van der Waals surface area contributed by atoms with E-state index in [1.165, 1.54) is 38.5 Å². The second kappa shape index (κ2) is 13.2. The smallest absolute Gasteiger partial charge is 0.115 e. The molecule has 158 valence electrons. The molecular formula is C24H44O3. The van der Waals surface area contributed by atoms with Gasteiger partial charge in [0.25, 0.3) is 0 Å². The second-order valence-electron chi connectivity index (χ2n) is 8.30. The molecule has 0 N–H and O–H groups in total. The predicted molar refractivity (Wildman–Crippen MR) is 117 cm³/mol. The number of hydrogen-bond donors (Lipinski definition) is 0. The molecule has 1 aliphatic carbocycles. The van der Waals surface area contributed by atoms with Crippen LogP contribution < -0.4 is 0 Å². The minimum absolute atomic E-state index is 0.234. The topological polar surface area (TPSA) is 27.7 Å². The van der Waals surface area contributed by atoms with Crippen LogP contribution in [0.25, 0.3) is 0 Å². The lowest BCUT2D eigenvalue weighted by Crippen LogP contribution is -2.48. The molecule has 0 aromatic carbocycles. The molecule has 0 bridgehead atoms. The van der Waals surface area contributed by atoms with Crippen LogP contribution >= 0.6 is 0 Å². The fourth-order valence-electron chi connectivity index (χ4n) is 2.54. The van der Waals surface area contributed by atoms with Crippen LogP contribution in [0, 0.1) is 0 Å². The first-order valence-corrected chi connectivity index (χ1v) is 10.4. The van der Waals surface area contributed by atoms with Crippen LogP contribution in [0.5, 0.6) is 0 Å². The van der Waals surface area contributed by atoms with Gasteiger partial charge in [0.1, 0.15) is 5.76 Å². The van der Waals surface area contributed by atoms with Crippen molar-refractivity contribution in [3.63, 3.8) is 0 Å². The summed E-state index contributed by atoms with van der Waals surface area (Å²) in [5.41, 5.74) is 0.673. The van der Waals surface area contributed by atoms with E-state index in [4.69, 9.17) is 14.2 Å². The highest BCUT2D eigenvalue weighted by molar-refractivity contribution is 5.25. The average molecular weight is 381 g/mol. The molecule has 3 heteroatoms. The molecule has 0 aliphatic heterocycles. The Morgan fingerprint density at radius 1 is 1.00 bits per heavy atom. The van der Waals surface area contributed by atoms with Crippen LogP contribution in [0.1, 0.15) is 86.5 Å². The van der Waals surface area contributed by atoms with Crippen LogP contribution in [-0.2, 0) is 14.2 Å². The van der Waals surface area contributed by atoms with Gasteiger partial charge in [0.2, 0.25) is 0 Å². The van der Waals surface area contributed by atoms with Crippen molar-refractivity contribution in [1.82, 2.24) is 0 Å². The van der Waals surface area contributed by atoms with Gasteiger partial charge in [-0.15, -0.1) is 0 Å². The van der Waals surface area contributed by atoms with Crippen molar-refractivity contribution in [3.05, 3.63) is 36.1 Å². The van der Waals surface area contributed by atoms with Gasteiger partial charge in [-0.1, -0.05) is 44.6 Å². The van der Waals surface area contributed by atoms with Crippen molar-refractivity contribution in [3.8, 4) is 0 Å². The van der Waals surface area contributed by atoms with Crippen molar-refractivity contribution < 1.29 is 14.2 Å². The highest BCUT2D eigenvalue weighted by Gasteiger charge is 2.36. The zero-order valence-electron chi connectivity index (χ0n) is 19.2. The minimum atomic E-state index is -0.234.